The third-order valence-corrected chi connectivity index (χ3v) is 11.2. The van der Waals surface area contributed by atoms with E-state index in [0.717, 1.165) is 37.4 Å². The summed E-state index contributed by atoms with van der Waals surface area (Å²) < 4.78 is 2.43. The van der Waals surface area contributed by atoms with Gasteiger partial charge < -0.3 is 29.7 Å². The molecule has 0 spiro atoms. The second-order valence-electron chi connectivity index (χ2n) is 14.6. The maximum absolute atomic E-state index is 10.4. The molecule has 0 unspecified atom stereocenters. The molecule has 1 fully saturated rings. The van der Waals surface area contributed by atoms with Crippen molar-refractivity contribution in [2.24, 2.45) is 0 Å². The molecule has 0 amide bonds. The highest BCUT2D eigenvalue weighted by Crippen LogP contribution is 2.41. The number of hydrogen-bond acceptors (Lipinski definition) is 25. The van der Waals surface area contributed by atoms with Gasteiger partial charge in [0.05, 0.1) is 91.7 Å². The van der Waals surface area contributed by atoms with Crippen LogP contribution in [-0.2, 0) is 6.54 Å². The number of fused-ring (bicyclic) bond motifs is 1. The number of likely N-dealkylation sites (N-methyl/N-ethyl adjacent to an activating group) is 1. The molecule has 0 bridgehead atoms. The number of aromatic hydroxyl groups is 3. The Morgan fingerprint density at radius 1 is 0.521 bits per heavy atom. The zero-order valence-corrected chi connectivity index (χ0v) is 38.8. The van der Waals surface area contributed by atoms with Crippen molar-refractivity contribution >= 4 is 74.0 Å². The smallest absolute Gasteiger partial charge is 0.324 e. The quantitative estimate of drug-likeness (QED) is 0.0440. The summed E-state index contributed by atoms with van der Waals surface area (Å²) in [4.78, 5) is 93.3. The van der Waals surface area contributed by atoms with E-state index in [-0.39, 0.29) is 0 Å². The number of benzene rings is 4. The number of imidazole rings is 1. The number of nitro benzene ring substituents is 9. The molecule has 34 nitrogen and oxygen atoms in total. The van der Waals surface area contributed by atoms with Gasteiger partial charge in [-0.1, -0.05) is 44.2 Å². The first-order chi connectivity index (χ1) is 34.3. The van der Waals surface area contributed by atoms with E-state index in [2.05, 4.69) is 52.5 Å². The van der Waals surface area contributed by atoms with Crippen LogP contribution in [-0.4, -0.2) is 124 Å². The normalized spacial score (nSPS) is 11.9. The third kappa shape index (κ3) is 15.8. The van der Waals surface area contributed by atoms with Crippen molar-refractivity contribution in [3.63, 3.8) is 0 Å². The summed E-state index contributed by atoms with van der Waals surface area (Å²) in [6.07, 6.45) is 4.14. The van der Waals surface area contributed by atoms with E-state index in [4.69, 9.17) is 20.3 Å². The molecule has 0 saturated carbocycles. The molecule has 6 rings (SSSR count). The van der Waals surface area contributed by atoms with Crippen molar-refractivity contribution in [3.05, 3.63) is 152 Å². The molecular formula is C38H41N13O21S. The zero-order chi connectivity index (χ0) is 54.9. The Balaban J connectivity index is 0.000000263. The first-order valence-corrected chi connectivity index (χ1v) is 21.8. The minimum atomic E-state index is -1.21. The van der Waals surface area contributed by atoms with E-state index in [0.29, 0.717) is 36.4 Å². The van der Waals surface area contributed by atoms with Crippen molar-refractivity contribution < 1.29 is 59.6 Å². The van der Waals surface area contributed by atoms with Gasteiger partial charge in [0.1, 0.15) is 0 Å². The first-order valence-electron chi connectivity index (χ1n) is 20.8. The molecule has 1 aliphatic rings. The number of non-ortho nitro benzene ring substituents is 3. The molecule has 0 radical (unpaired) electrons. The molecule has 1 aliphatic heterocycles. The molecule has 2 heterocycles. The van der Waals surface area contributed by atoms with Crippen molar-refractivity contribution in [2.75, 3.05) is 45.0 Å². The van der Waals surface area contributed by atoms with Crippen molar-refractivity contribution in [1.82, 2.24) is 19.4 Å². The lowest BCUT2D eigenvalue weighted by Gasteiger charge is -2.26. The van der Waals surface area contributed by atoms with Crippen LogP contribution in [0.25, 0.3) is 11.0 Å². The molecule has 73 heavy (non-hydrogen) atoms. The minimum absolute atomic E-state index is 0.447. The monoisotopic (exact) mass is 1050 g/mol. The van der Waals surface area contributed by atoms with Crippen LogP contribution >= 0.6 is 11.8 Å². The van der Waals surface area contributed by atoms with Gasteiger partial charge in [-0.25, -0.2) is 4.98 Å². The van der Waals surface area contributed by atoms with E-state index in [1.165, 1.54) is 49.6 Å². The number of nitro groups is 9. The van der Waals surface area contributed by atoms with Gasteiger partial charge in [-0.05, 0) is 51.2 Å². The van der Waals surface area contributed by atoms with E-state index < -0.39 is 113 Å². The number of phenols is 3. The van der Waals surface area contributed by atoms with E-state index >= 15 is 0 Å². The summed E-state index contributed by atoms with van der Waals surface area (Å²) in [5.41, 5.74) is -6.60. The summed E-state index contributed by atoms with van der Waals surface area (Å²) >= 11 is 1.92. The summed E-state index contributed by atoms with van der Waals surface area (Å²) in [5, 5.41) is 122. The molecule has 1 saturated heterocycles. The maximum atomic E-state index is 10.4. The van der Waals surface area contributed by atoms with Gasteiger partial charge in [0.2, 0.25) is 0 Å². The van der Waals surface area contributed by atoms with Crippen molar-refractivity contribution in [2.45, 2.75) is 44.8 Å². The summed E-state index contributed by atoms with van der Waals surface area (Å²) in [5.74, 6) is -2.49. The summed E-state index contributed by atoms with van der Waals surface area (Å²) in [7, 11) is 0. The Morgan fingerprint density at radius 2 is 0.863 bits per heavy atom. The molecule has 0 aliphatic carbocycles. The van der Waals surface area contributed by atoms with Crippen molar-refractivity contribution in [3.8, 4) is 17.2 Å². The predicted octanol–water partition coefficient (Wildman–Crippen LogP) is 7.31. The maximum Gasteiger partial charge on any atom is 0.324 e. The number of likely N-dealkylation sites (tertiary alicyclic amines) is 1. The SMILES string of the molecule is CCN(CC)CCn1c(SCCN2CCCCC2)nc2ccccc21.O=[N+]([O-])c1cc([N+](=O)[O-])c(O)c([N+](=O)[O-])c1.O=[N+]([O-])c1cc([N+](=O)[O-])c(O)c([N+](=O)[O-])c1.O=[N+]([O-])c1cc([N+](=O)[O-])c(O)c([N+](=O)[O-])c1. The van der Waals surface area contributed by atoms with E-state index in [1.807, 2.05) is 11.8 Å². The Kier molecular flexibility index (Phi) is 21.1. The number of nitrogens with zero attached hydrogens (tertiary/aromatic N) is 13. The third-order valence-electron chi connectivity index (χ3n) is 10.2. The lowest BCUT2D eigenvalue weighted by atomic mass is 10.1. The second-order valence-corrected chi connectivity index (χ2v) is 15.7. The molecular weight excluding hydrogens is 1010 g/mol. The van der Waals surface area contributed by atoms with Gasteiger partial charge in [0, 0.05) is 25.4 Å². The predicted molar refractivity (Wildman–Crippen MR) is 253 cm³/mol. The fourth-order valence-electron chi connectivity index (χ4n) is 6.53. The molecule has 4 aromatic carbocycles. The molecule has 5 aromatic rings. The van der Waals surface area contributed by atoms with Crippen molar-refractivity contribution in [1.29, 1.82) is 0 Å². The number of para-hydroxylation sites is 2. The fourth-order valence-corrected chi connectivity index (χ4v) is 7.57. The highest BCUT2D eigenvalue weighted by molar-refractivity contribution is 7.99. The molecule has 35 heteroatoms. The van der Waals surface area contributed by atoms with Gasteiger partial charge in [0.15, 0.2) is 5.16 Å². The van der Waals surface area contributed by atoms with Crippen LogP contribution in [0.2, 0.25) is 0 Å². The van der Waals surface area contributed by atoms with Gasteiger partial charge >= 0.3 is 34.1 Å². The Morgan fingerprint density at radius 3 is 1.18 bits per heavy atom. The highest BCUT2D eigenvalue weighted by atomic mass is 32.2. The molecule has 390 valence electrons. The van der Waals surface area contributed by atoms with Gasteiger partial charge in [-0.15, -0.1) is 0 Å². The van der Waals surface area contributed by atoms with Gasteiger partial charge in [0.25, 0.3) is 34.3 Å². The number of hydrogen-bond donors (Lipinski definition) is 3. The minimum Gasteiger partial charge on any atom is -0.497 e. The molecule has 0 atom stereocenters. The lowest BCUT2D eigenvalue weighted by Crippen LogP contribution is -2.31. The average molecular weight is 1050 g/mol. The largest absolute Gasteiger partial charge is 0.497 e. The highest BCUT2D eigenvalue weighted by Gasteiger charge is 2.32. The number of rotatable bonds is 18. The van der Waals surface area contributed by atoms with E-state index in [9.17, 15) is 91.0 Å². The van der Waals surface area contributed by atoms with Gasteiger partial charge in [-0.3, -0.25) is 91.0 Å². The van der Waals surface area contributed by atoms with Crippen LogP contribution in [0.4, 0.5) is 51.2 Å². The Bertz CT molecular complexity index is 2600. The van der Waals surface area contributed by atoms with Crippen LogP contribution in [0.3, 0.4) is 0 Å². The fraction of sp³-hybridized carbons (Fsp3) is 0.342. The van der Waals surface area contributed by atoms with Crippen LogP contribution in [0.5, 0.6) is 17.2 Å². The van der Waals surface area contributed by atoms with Gasteiger partial charge in [-0.2, -0.15) is 0 Å². The van der Waals surface area contributed by atoms with Crippen LogP contribution in [0, 0.1) is 91.0 Å². The molecule has 3 N–H and O–H groups in total. The standard InChI is InChI=1S/C20H32N4S.3C6H3N3O7/c1-3-22(4-2)14-15-24-19-11-7-6-10-18(19)21-20(24)25-17-16-23-12-8-5-9-13-23;3*10-6-4(8(13)14)1-3(7(11)12)2-5(6)9(15)16/h6-7,10-11H,3-5,8-9,12-17H2,1-2H3;3*1-2,10H. The summed E-state index contributed by atoms with van der Waals surface area (Å²) in [6, 6.07) is 11.2. The number of phenolic OH excluding ortho intramolecular Hbond substituents is 3. The number of piperidine rings is 1. The summed E-state index contributed by atoms with van der Waals surface area (Å²) in [6.45, 7) is 12.6. The lowest BCUT2D eigenvalue weighted by molar-refractivity contribution is -0.404. The Labute approximate surface area is 411 Å². The topological polar surface area (TPSA) is 473 Å². The zero-order valence-electron chi connectivity index (χ0n) is 38.0. The first kappa shape index (κ1) is 57.9. The number of aromatic nitrogens is 2. The average Bonchev–Trinajstić information content (AvgIpc) is 3.69. The molecule has 1 aromatic heterocycles. The number of thioether (sulfide) groups is 1. The van der Waals surface area contributed by atoms with E-state index in [1.54, 1.807) is 0 Å². The Hall–Kier alpha value is -9.38. The van der Waals surface area contributed by atoms with Crippen LogP contribution in [0.15, 0.2) is 65.8 Å². The van der Waals surface area contributed by atoms with Crippen LogP contribution in [0.1, 0.15) is 33.1 Å². The van der Waals surface area contributed by atoms with Crippen LogP contribution < -0.4 is 0 Å². The second kappa shape index (κ2) is 26.6.